The second kappa shape index (κ2) is 9.65. The predicted octanol–water partition coefficient (Wildman–Crippen LogP) is 3.40. The van der Waals surface area contributed by atoms with Crippen molar-refractivity contribution in [3.05, 3.63) is 89.6 Å². The summed E-state index contributed by atoms with van der Waals surface area (Å²) in [6.07, 6.45) is 6.36. The Morgan fingerprint density at radius 1 is 1.00 bits per heavy atom. The summed E-state index contributed by atoms with van der Waals surface area (Å²) in [6.45, 7) is 3.10. The molecule has 1 fully saturated rings. The van der Waals surface area contributed by atoms with Crippen LogP contribution in [0.2, 0.25) is 0 Å². The van der Waals surface area contributed by atoms with Gasteiger partial charge in [0.1, 0.15) is 5.41 Å². The highest BCUT2D eigenvalue weighted by molar-refractivity contribution is 5.88. The molecule has 1 N–H and O–H groups in total. The Morgan fingerprint density at radius 3 is 2.21 bits per heavy atom. The topological polar surface area (TPSA) is 56.3 Å². The molecule has 1 aliphatic carbocycles. The van der Waals surface area contributed by atoms with Gasteiger partial charge in [-0.25, -0.2) is 0 Å². The number of aliphatic carboxylic acids is 1. The van der Waals surface area contributed by atoms with Gasteiger partial charge in [-0.05, 0) is 49.9 Å². The summed E-state index contributed by atoms with van der Waals surface area (Å²) in [4.78, 5) is 19.8. The zero-order chi connectivity index (χ0) is 24.3. The predicted molar refractivity (Wildman–Crippen MR) is 136 cm³/mol. The van der Waals surface area contributed by atoms with Crippen molar-refractivity contribution < 1.29 is 14.6 Å². The average molecular weight is 462 g/mol. The first-order valence-corrected chi connectivity index (χ1v) is 11.8. The van der Waals surface area contributed by atoms with Crippen LogP contribution in [0.15, 0.2) is 78.5 Å². The van der Waals surface area contributed by atoms with Gasteiger partial charge in [-0.3, -0.25) is 9.69 Å². The third-order valence-corrected chi connectivity index (χ3v) is 7.26. The number of anilines is 1. The number of ether oxygens (including phenoxy) is 1. The summed E-state index contributed by atoms with van der Waals surface area (Å²) in [6, 6.07) is 18.2. The molecule has 34 heavy (non-hydrogen) atoms. The number of allylic oxidation sites excluding steroid dienone is 2. The van der Waals surface area contributed by atoms with Crippen LogP contribution in [-0.4, -0.2) is 80.9 Å². The zero-order valence-electron chi connectivity index (χ0n) is 20.6. The molecule has 180 valence electrons. The lowest BCUT2D eigenvalue weighted by Crippen LogP contribution is -2.67. The maximum atomic E-state index is 13.4. The molecule has 6 heteroatoms. The Kier molecular flexibility index (Phi) is 6.82. The van der Waals surface area contributed by atoms with E-state index in [1.165, 1.54) is 0 Å². The van der Waals surface area contributed by atoms with Gasteiger partial charge in [0.05, 0.1) is 18.8 Å². The fourth-order valence-corrected chi connectivity index (χ4v) is 5.60. The second-order valence-electron chi connectivity index (χ2n) is 9.48. The van der Waals surface area contributed by atoms with Crippen molar-refractivity contribution in [1.82, 2.24) is 9.80 Å². The van der Waals surface area contributed by atoms with Crippen LogP contribution in [0.4, 0.5) is 5.69 Å². The number of hydrogen-bond acceptors (Lipinski definition) is 5. The molecule has 0 radical (unpaired) electrons. The van der Waals surface area contributed by atoms with Crippen molar-refractivity contribution in [2.24, 2.45) is 0 Å². The maximum Gasteiger partial charge on any atom is 0.320 e. The molecule has 6 nitrogen and oxygen atoms in total. The summed E-state index contributed by atoms with van der Waals surface area (Å²) in [5.74, 6) is -0.861. The zero-order valence-corrected chi connectivity index (χ0v) is 20.6. The lowest BCUT2D eigenvalue weighted by atomic mass is 9.58. The van der Waals surface area contributed by atoms with Gasteiger partial charge in [-0.15, -0.1) is 0 Å². The summed E-state index contributed by atoms with van der Waals surface area (Å²) < 4.78 is 5.49. The van der Waals surface area contributed by atoms with Crippen LogP contribution in [0.5, 0.6) is 0 Å². The molecular weight excluding hydrogens is 426 g/mol. The Bertz CT molecular complexity index is 1060. The number of carboxylic acid groups (broad SMARTS) is 1. The van der Waals surface area contributed by atoms with Crippen molar-refractivity contribution in [3.63, 3.8) is 0 Å². The van der Waals surface area contributed by atoms with Crippen molar-refractivity contribution >= 4 is 11.7 Å². The highest BCUT2D eigenvalue weighted by Crippen LogP contribution is 2.50. The van der Waals surface area contributed by atoms with Crippen molar-refractivity contribution in [2.75, 3.05) is 59.4 Å². The number of carbonyl (C=O) groups is 1. The molecule has 0 bridgehead atoms. The molecule has 0 saturated carbocycles. The minimum absolute atomic E-state index is 0.548. The third kappa shape index (κ3) is 3.91. The van der Waals surface area contributed by atoms with Crippen LogP contribution < -0.4 is 4.90 Å². The van der Waals surface area contributed by atoms with Crippen LogP contribution >= 0.6 is 0 Å². The lowest BCUT2D eigenvalue weighted by molar-refractivity contribution is -0.147. The van der Waals surface area contributed by atoms with Gasteiger partial charge >= 0.3 is 5.97 Å². The van der Waals surface area contributed by atoms with Gasteiger partial charge in [-0.2, -0.15) is 0 Å². The third-order valence-electron chi connectivity index (χ3n) is 7.26. The number of carboxylic acids is 1. The number of morpholine rings is 1. The van der Waals surface area contributed by atoms with E-state index in [-0.39, 0.29) is 0 Å². The van der Waals surface area contributed by atoms with E-state index >= 15 is 0 Å². The van der Waals surface area contributed by atoms with Crippen molar-refractivity contribution in [1.29, 1.82) is 0 Å². The second-order valence-corrected chi connectivity index (χ2v) is 9.48. The van der Waals surface area contributed by atoms with Crippen LogP contribution in [0.1, 0.15) is 11.1 Å². The van der Waals surface area contributed by atoms with E-state index in [1.807, 2.05) is 81.7 Å². The fraction of sp³-hybridized carbons (Fsp3) is 0.393. The van der Waals surface area contributed by atoms with E-state index in [2.05, 4.69) is 34.1 Å². The van der Waals surface area contributed by atoms with E-state index in [0.717, 1.165) is 35.6 Å². The average Bonchev–Trinajstić information content (AvgIpc) is 2.85. The van der Waals surface area contributed by atoms with Gasteiger partial charge in [0, 0.05) is 38.6 Å². The minimum atomic E-state index is -1.29. The molecule has 1 heterocycles. The SMILES string of the molecule is CN(C)C1=CC=CC(C(=O)O)(c2ccc(N3CCOCC3)cc2)C1(Cc1ccccc1)N(C)C. The van der Waals surface area contributed by atoms with Crippen molar-refractivity contribution in [2.45, 2.75) is 17.4 Å². The van der Waals surface area contributed by atoms with Crippen molar-refractivity contribution in [3.8, 4) is 0 Å². The number of nitrogens with zero attached hydrogens (tertiary/aromatic N) is 3. The molecule has 1 saturated heterocycles. The van der Waals surface area contributed by atoms with Gasteiger partial charge in [0.2, 0.25) is 0 Å². The molecule has 2 atom stereocenters. The molecule has 0 spiro atoms. The summed E-state index contributed by atoms with van der Waals surface area (Å²) in [5, 5.41) is 11.0. The molecule has 2 aromatic carbocycles. The number of likely N-dealkylation sites (N-methyl/N-ethyl adjacent to an activating group) is 2. The number of benzene rings is 2. The van der Waals surface area contributed by atoms with E-state index in [1.54, 1.807) is 0 Å². The van der Waals surface area contributed by atoms with Gasteiger partial charge < -0.3 is 19.6 Å². The summed E-state index contributed by atoms with van der Waals surface area (Å²) in [5.41, 5.74) is 1.78. The summed E-state index contributed by atoms with van der Waals surface area (Å²) >= 11 is 0. The molecule has 4 rings (SSSR count). The fourth-order valence-electron chi connectivity index (χ4n) is 5.60. The van der Waals surface area contributed by atoms with Gasteiger partial charge in [0.25, 0.3) is 0 Å². The highest BCUT2D eigenvalue weighted by atomic mass is 16.5. The standard InChI is InChI=1S/C28H35N3O3/c1-29(2)25-11-8-16-27(26(32)33,28(25,30(3)4)21-22-9-6-5-7-10-22)23-12-14-24(15-13-23)31-17-19-34-20-18-31/h5-16H,17-21H2,1-4H3,(H,32,33). The lowest BCUT2D eigenvalue weighted by Gasteiger charge is -2.55. The molecule has 2 aromatic rings. The maximum absolute atomic E-state index is 13.4. The molecule has 2 aliphatic rings. The Labute approximate surface area is 202 Å². The van der Waals surface area contributed by atoms with Gasteiger partial charge in [0.15, 0.2) is 0 Å². The largest absolute Gasteiger partial charge is 0.480 e. The first-order valence-electron chi connectivity index (χ1n) is 11.8. The van der Waals surface area contributed by atoms with Crippen LogP contribution in [0, 0.1) is 0 Å². The van der Waals surface area contributed by atoms with Crippen LogP contribution in [0.3, 0.4) is 0 Å². The molecule has 1 aliphatic heterocycles. The minimum Gasteiger partial charge on any atom is -0.480 e. The first-order chi connectivity index (χ1) is 16.3. The number of hydrogen-bond donors (Lipinski definition) is 1. The van der Waals surface area contributed by atoms with E-state index in [0.29, 0.717) is 19.6 Å². The number of rotatable bonds is 7. The molecule has 2 unspecified atom stereocenters. The highest BCUT2D eigenvalue weighted by Gasteiger charge is 2.61. The van der Waals surface area contributed by atoms with Crippen LogP contribution in [-0.2, 0) is 21.4 Å². The smallest absolute Gasteiger partial charge is 0.320 e. The van der Waals surface area contributed by atoms with E-state index < -0.39 is 16.9 Å². The molecule has 0 amide bonds. The Morgan fingerprint density at radius 2 is 1.65 bits per heavy atom. The first kappa shape index (κ1) is 24.0. The molecular formula is C28H35N3O3. The normalized spacial score (nSPS) is 24.7. The van der Waals surface area contributed by atoms with E-state index in [9.17, 15) is 9.90 Å². The Balaban J connectivity index is 1.90. The van der Waals surface area contributed by atoms with Gasteiger partial charge in [-0.1, -0.05) is 54.6 Å². The Hall–Kier alpha value is -3.09. The molecule has 0 aromatic heterocycles. The quantitative estimate of drug-likeness (QED) is 0.682. The summed E-state index contributed by atoms with van der Waals surface area (Å²) in [7, 11) is 7.95. The van der Waals surface area contributed by atoms with E-state index in [4.69, 9.17) is 4.74 Å². The monoisotopic (exact) mass is 461 g/mol. The van der Waals surface area contributed by atoms with Crippen LogP contribution in [0.25, 0.3) is 0 Å².